The van der Waals surface area contributed by atoms with E-state index in [1.54, 1.807) is 0 Å². The molecule has 0 unspecified atom stereocenters. The molecule has 0 radical (unpaired) electrons. The normalized spacial score (nSPS) is 18.5. The van der Waals surface area contributed by atoms with Crippen molar-refractivity contribution in [1.29, 1.82) is 0 Å². The zero-order valence-corrected chi connectivity index (χ0v) is 18.8. The Morgan fingerprint density at radius 3 is 1.45 bits per heavy atom. The van der Waals surface area contributed by atoms with E-state index in [1.165, 1.54) is 49.1 Å². The molecule has 0 N–H and O–H groups in total. The molecule has 2 atom stereocenters. The van der Waals surface area contributed by atoms with Crippen LogP contribution in [0.1, 0.15) is 36.3 Å². The third-order valence-electron chi connectivity index (χ3n) is 6.96. The Hall–Kier alpha value is -2.95. The lowest BCUT2D eigenvalue weighted by atomic mass is 9.86. The molecule has 0 aromatic heterocycles. The Morgan fingerprint density at radius 1 is 0.484 bits per heavy atom. The summed E-state index contributed by atoms with van der Waals surface area (Å²) in [4.78, 5) is 0. The van der Waals surface area contributed by atoms with E-state index in [4.69, 9.17) is 0 Å². The third kappa shape index (κ3) is 2.86. The van der Waals surface area contributed by atoms with Gasteiger partial charge in [-0.05, 0) is 49.1 Å². The Morgan fingerprint density at radius 2 is 0.935 bits per heavy atom. The maximum Gasteiger partial charge on any atom is 0.00654 e. The van der Waals surface area contributed by atoms with Gasteiger partial charge >= 0.3 is 0 Å². The number of hydrogen-bond donors (Lipinski definition) is 0. The van der Waals surface area contributed by atoms with Gasteiger partial charge in [0.1, 0.15) is 0 Å². The Balaban J connectivity index is 1.78. The first kappa shape index (κ1) is 18.8. The van der Waals surface area contributed by atoms with Gasteiger partial charge in [0.15, 0.2) is 0 Å². The van der Waals surface area contributed by atoms with Crippen molar-refractivity contribution in [3.63, 3.8) is 0 Å². The molecule has 1 aliphatic rings. The van der Waals surface area contributed by atoms with Crippen LogP contribution in [0.25, 0.3) is 32.7 Å². The van der Waals surface area contributed by atoms with Crippen LogP contribution in [0.15, 0.2) is 103 Å². The van der Waals surface area contributed by atoms with Gasteiger partial charge in [0, 0.05) is 11.3 Å². The summed E-state index contributed by atoms with van der Waals surface area (Å²) in [5.74, 6) is 0. The second kappa shape index (κ2) is 7.33. The third-order valence-corrected chi connectivity index (χ3v) is 10.1. The van der Waals surface area contributed by atoms with E-state index < -0.39 is 7.92 Å². The quantitative estimate of drug-likeness (QED) is 0.240. The molecule has 1 heterocycles. The van der Waals surface area contributed by atoms with Gasteiger partial charge in [-0.3, -0.25) is 0 Å². The van der Waals surface area contributed by atoms with Crippen LogP contribution in [0.5, 0.6) is 0 Å². The summed E-state index contributed by atoms with van der Waals surface area (Å²) in [6.45, 7) is 4.91. The topological polar surface area (TPSA) is 0 Å². The van der Waals surface area contributed by atoms with Gasteiger partial charge in [0.05, 0.1) is 0 Å². The summed E-state index contributed by atoms with van der Waals surface area (Å²) < 4.78 is 0. The monoisotopic (exact) mass is 416 g/mol. The van der Waals surface area contributed by atoms with E-state index in [2.05, 4.69) is 117 Å². The fourth-order valence-corrected chi connectivity index (χ4v) is 8.62. The van der Waals surface area contributed by atoms with Crippen LogP contribution in [0.2, 0.25) is 0 Å². The van der Waals surface area contributed by atoms with Crippen molar-refractivity contribution < 1.29 is 0 Å². The zero-order valence-electron chi connectivity index (χ0n) is 17.9. The first-order valence-corrected chi connectivity index (χ1v) is 12.6. The first-order chi connectivity index (χ1) is 15.2. The highest BCUT2D eigenvalue weighted by atomic mass is 31.1. The number of fused-ring (bicyclic) bond motifs is 7. The second-order valence-corrected chi connectivity index (χ2v) is 11.5. The van der Waals surface area contributed by atoms with E-state index in [0.29, 0.717) is 11.3 Å². The molecule has 1 heteroatoms. The summed E-state index contributed by atoms with van der Waals surface area (Å²) in [5.41, 5.74) is 6.86. The zero-order chi connectivity index (χ0) is 20.9. The summed E-state index contributed by atoms with van der Waals surface area (Å²) in [6, 6.07) is 38.5. The number of hydrogen-bond acceptors (Lipinski definition) is 0. The van der Waals surface area contributed by atoms with Crippen LogP contribution in [-0.2, 0) is 0 Å². The molecular formula is C30H25P. The Bertz CT molecular complexity index is 1330. The SMILES string of the molecule is C[C@H]1c2ccc3ccccc3c2-c2c(ccc3ccccc23)[C@H](C)P1c1ccccc1. The van der Waals surface area contributed by atoms with Gasteiger partial charge in [-0.15, -0.1) is 0 Å². The molecule has 5 aromatic rings. The largest absolute Gasteiger partial charge is 0.0622 e. The molecule has 150 valence electrons. The molecule has 0 bridgehead atoms. The maximum absolute atomic E-state index is 2.46. The lowest BCUT2D eigenvalue weighted by Gasteiger charge is -2.30. The van der Waals surface area contributed by atoms with Crippen molar-refractivity contribution in [3.8, 4) is 11.1 Å². The molecule has 5 aromatic carbocycles. The van der Waals surface area contributed by atoms with Gasteiger partial charge in [-0.25, -0.2) is 0 Å². The van der Waals surface area contributed by atoms with E-state index in [0.717, 1.165) is 0 Å². The predicted octanol–water partition coefficient (Wildman–Crippen LogP) is 8.60. The summed E-state index contributed by atoms with van der Waals surface area (Å²) in [7, 11) is -0.400. The molecule has 0 aliphatic carbocycles. The molecule has 1 aliphatic heterocycles. The maximum atomic E-state index is 2.46. The van der Waals surface area contributed by atoms with Crippen molar-refractivity contribution in [2.24, 2.45) is 0 Å². The first-order valence-electron chi connectivity index (χ1n) is 11.1. The van der Waals surface area contributed by atoms with Crippen molar-refractivity contribution in [3.05, 3.63) is 114 Å². The minimum atomic E-state index is -0.400. The van der Waals surface area contributed by atoms with Gasteiger partial charge in [-0.1, -0.05) is 125 Å². The molecule has 0 amide bonds. The lowest BCUT2D eigenvalue weighted by Crippen LogP contribution is -2.09. The van der Waals surface area contributed by atoms with E-state index in [-0.39, 0.29) is 0 Å². The second-order valence-electron chi connectivity index (χ2n) is 8.60. The highest BCUT2D eigenvalue weighted by Gasteiger charge is 2.34. The molecule has 0 saturated carbocycles. The van der Waals surface area contributed by atoms with Crippen LogP contribution in [-0.4, -0.2) is 0 Å². The summed E-state index contributed by atoms with van der Waals surface area (Å²) in [5, 5.41) is 6.90. The summed E-state index contributed by atoms with van der Waals surface area (Å²) >= 11 is 0. The average molecular weight is 417 g/mol. The lowest BCUT2D eigenvalue weighted by molar-refractivity contribution is 1.03. The standard InChI is InChI=1S/C30H25P/c1-20-25-18-16-22-10-6-8-14-27(22)29(25)30-26(19-17-23-11-7-9-15-28(23)30)21(2)31(20)24-12-4-3-5-13-24/h3-21H,1-2H3/t20-,21-/m0/s1. The minimum Gasteiger partial charge on any atom is -0.0622 e. The van der Waals surface area contributed by atoms with Crippen LogP contribution < -0.4 is 5.30 Å². The average Bonchev–Trinajstić information content (AvgIpc) is 2.92. The van der Waals surface area contributed by atoms with Crippen LogP contribution in [0.4, 0.5) is 0 Å². The van der Waals surface area contributed by atoms with Crippen molar-refractivity contribution in [2.75, 3.05) is 0 Å². The summed E-state index contributed by atoms with van der Waals surface area (Å²) in [6.07, 6.45) is 0. The number of benzene rings is 5. The van der Waals surface area contributed by atoms with Crippen LogP contribution >= 0.6 is 7.92 Å². The number of rotatable bonds is 1. The van der Waals surface area contributed by atoms with Crippen molar-refractivity contribution in [1.82, 2.24) is 0 Å². The molecule has 0 fully saturated rings. The minimum absolute atomic E-state index is 0.400. The molecular weight excluding hydrogens is 391 g/mol. The highest BCUT2D eigenvalue weighted by Crippen LogP contribution is 2.65. The van der Waals surface area contributed by atoms with Gasteiger partial charge in [0.25, 0.3) is 0 Å². The van der Waals surface area contributed by atoms with E-state index >= 15 is 0 Å². The molecule has 0 nitrogen and oxygen atoms in total. The van der Waals surface area contributed by atoms with Gasteiger partial charge in [0.2, 0.25) is 0 Å². The van der Waals surface area contributed by atoms with Gasteiger partial charge < -0.3 is 0 Å². The highest BCUT2D eigenvalue weighted by molar-refractivity contribution is 7.66. The van der Waals surface area contributed by atoms with Gasteiger partial charge in [-0.2, -0.15) is 0 Å². The van der Waals surface area contributed by atoms with Crippen molar-refractivity contribution in [2.45, 2.75) is 25.2 Å². The molecule has 0 spiro atoms. The van der Waals surface area contributed by atoms with Crippen molar-refractivity contribution >= 4 is 34.8 Å². The fraction of sp³-hybridized carbons (Fsp3) is 0.133. The fourth-order valence-electron chi connectivity index (χ4n) is 5.51. The predicted molar refractivity (Wildman–Crippen MR) is 137 cm³/mol. The Labute approximate surface area is 185 Å². The smallest absolute Gasteiger partial charge is 0.00654 e. The molecule has 6 rings (SSSR count). The van der Waals surface area contributed by atoms with Crippen LogP contribution in [0, 0.1) is 0 Å². The Kier molecular flexibility index (Phi) is 4.44. The van der Waals surface area contributed by atoms with E-state index in [1.807, 2.05) is 0 Å². The van der Waals surface area contributed by atoms with E-state index in [9.17, 15) is 0 Å². The van der Waals surface area contributed by atoms with Crippen LogP contribution in [0.3, 0.4) is 0 Å². The molecule has 31 heavy (non-hydrogen) atoms. The molecule has 0 saturated heterocycles.